The Morgan fingerprint density at radius 1 is 0.875 bits per heavy atom. The van der Waals surface area contributed by atoms with Gasteiger partial charge in [0, 0.05) is 24.3 Å². The molecule has 2 amide bonds. The number of nitrogens with one attached hydrogen (secondary N) is 1. The van der Waals surface area contributed by atoms with Crippen molar-refractivity contribution in [1.82, 2.24) is 4.90 Å². The highest BCUT2D eigenvalue weighted by Gasteiger charge is 2.30. The number of rotatable bonds is 6. The van der Waals surface area contributed by atoms with Crippen LogP contribution in [0, 0.1) is 0 Å². The summed E-state index contributed by atoms with van der Waals surface area (Å²) in [5.74, 6) is -1.13. The van der Waals surface area contributed by atoms with E-state index in [4.69, 9.17) is 0 Å². The molecule has 1 aliphatic heterocycles. The van der Waals surface area contributed by atoms with Gasteiger partial charge in [0.25, 0.3) is 5.91 Å². The van der Waals surface area contributed by atoms with Gasteiger partial charge in [-0.2, -0.15) is 13.2 Å². The van der Waals surface area contributed by atoms with Crippen molar-refractivity contribution in [1.29, 1.82) is 0 Å². The lowest BCUT2D eigenvalue weighted by molar-refractivity contribution is -0.137. The molecular weight excluding hydrogens is 517 g/mol. The lowest BCUT2D eigenvalue weighted by atomic mass is 9.94. The molecule has 1 heterocycles. The number of hydrogen-bond donors (Lipinski definition) is 2. The Hall–Kier alpha value is -4.43. The predicted octanol–water partition coefficient (Wildman–Crippen LogP) is 6.29. The van der Waals surface area contributed by atoms with Crippen LogP contribution in [0.2, 0.25) is 0 Å². The van der Waals surface area contributed by atoms with Crippen LogP contribution in [0.5, 0.6) is 0 Å². The normalized spacial score (nSPS) is 13.8. The molecule has 4 aromatic carbocycles. The van der Waals surface area contributed by atoms with E-state index in [2.05, 4.69) is 5.32 Å². The van der Waals surface area contributed by atoms with Gasteiger partial charge in [-0.05, 0) is 64.6 Å². The molecule has 2 N–H and O–H groups in total. The molecule has 40 heavy (non-hydrogen) atoms. The fourth-order valence-electron chi connectivity index (χ4n) is 5.02. The maximum atomic E-state index is 13.2. The summed E-state index contributed by atoms with van der Waals surface area (Å²) in [5.41, 5.74) is 3.96. The van der Waals surface area contributed by atoms with Crippen LogP contribution in [0.15, 0.2) is 97.1 Å². The largest absolute Gasteiger partial charge is 0.416 e. The minimum absolute atomic E-state index is 0.128. The van der Waals surface area contributed by atoms with Crippen LogP contribution in [0.1, 0.15) is 38.5 Å². The molecule has 8 heteroatoms. The van der Waals surface area contributed by atoms with E-state index in [0.717, 1.165) is 28.8 Å². The van der Waals surface area contributed by atoms with Gasteiger partial charge in [-0.1, -0.05) is 66.7 Å². The van der Waals surface area contributed by atoms with E-state index in [0.29, 0.717) is 41.9 Å². The van der Waals surface area contributed by atoms with Crippen molar-refractivity contribution < 1.29 is 27.9 Å². The van der Waals surface area contributed by atoms with Gasteiger partial charge < -0.3 is 15.3 Å². The molecule has 1 unspecified atom stereocenters. The summed E-state index contributed by atoms with van der Waals surface area (Å²) in [4.78, 5) is 28.1. The lowest BCUT2D eigenvalue weighted by Crippen LogP contribution is -2.40. The highest BCUT2D eigenvalue weighted by Crippen LogP contribution is 2.32. The summed E-state index contributed by atoms with van der Waals surface area (Å²) >= 11 is 0. The van der Waals surface area contributed by atoms with E-state index < -0.39 is 17.7 Å². The zero-order chi connectivity index (χ0) is 28.3. The molecule has 4 aromatic rings. The van der Waals surface area contributed by atoms with Crippen LogP contribution in [0.4, 0.5) is 18.9 Å². The number of fused-ring (bicyclic) bond motifs is 1. The van der Waals surface area contributed by atoms with Crippen LogP contribution in [-0.4, -0.2) is 35.0 Å². The first-order valence-corrected chi connectivity index (χ1v) is 12.9. The predicted molar refractivity (Wildman–Crippen MR) is 147 cm³/mol. The molecule has 0 aliphatic carbocycles. The average molecular weight is 545 g/mol. The monoisotopic (exact) mass is 544 g/mol. The van der Waals surface area contributed by atoms with Crippen LogP contribution >= 0.6 is 0 Å². The highest BCUT2D eigenvalue weighted by molar-refractivity contribution is 6.08. The molecule has 0 spiro atoms. The van der Waals surface area contributed by atoms with Gasteiger partial charge >= 0.3 is 6.18 Å². The number of anilines is 1. The number of carbonyl (C=O) groups excluding carboxylic acids is 2. The second kappa shape index (κ2) is 11.4. The Balaban J connectivity index is 1.30. The minimum atomic E-state index is -4.44. The van der Waals surface area contributed by atoms with Gasteiger partial charge in [0.15, 0.2) is 0 Å². The number of alkyl halides is 3. The quantitative estimate of drug-likeness (QED) is 0.300. The number of aliphatic hydroxyl groups excluding tert-OH is 1. The van der Waals surface area contributed by atoms with Crippen LogP contribution < -0.4 is 5.32 Å². The van der Waals surface area contributed by atoms with Crippen molar-refractivity contribution in [2.45, 2.75) is 25.1 Å². The van der Waals surface area contributed by atoms with Gasteiger partial charge in [0.2, 0.25) is 5.91 Å². The Morgan fingerprint density at radius 2 is 1.57 bits per heavy atom. The van der Waals surface area contributed by atoms with E-state index in [9.17, 15) is 27.9 Å². The van der Waals surface area contributed by atoms with Crippen molar-refractivity contribution >= 4 is 17.5 Å². The Labute approximate surface area is 229 Å². The molecule has 204 valence electrons. The first kappa shape index (κ1) is 27.1. The van der Waals surface area contributed by atoms with Crippen LogP contribution in [0.25, 0.3) is 11.1 Å². The molecule has 0 saturated heterocycles. The van der Waals surface area contributed by atoms with E-state index in [1.165, 1.54) is 12.1 Å². The third-order valence-electron chi connectivity index (χ3n) is 7.17. The summed E-state index contributed by atoms with van der Waals surface area (Å²) in [6, 6.07) is 26.2. The van der Waals surface area contributed by atoms with E-state index in [1.54, 1.807) is 35.2 Å². The van der Waals surface area contributed by atoms with Gasteiger partial charge in [0.05, 0.1) is 18.1 Å². The van der Waals surface area contributed by atoms with E-state index in [1.807, 2.05) is 42.5 Å². The van der Waals surface area contributed by atoms with Crippen molar-refractivity contribution in [3.63, 3.8) is 0 Å². The first-order chi connectivity index (χ1) is 19.2. The molecule has 0 fully saturated rings. The Bertz CT molecular complexity index is 1520. The van der Waals surface area contributed by atoms with Gasteiger partial charge in [-0.25, -0.2) is 0 Å². The zero-order valence-corrected chi connectivity index (χ0v) is 21.5. The van der Waals surface area contributed by atoms with Gasteiger partial charge in [0.1, 0.15) is 0 Å². The zero-order valence-electron chi connectivity index (χ0n) is 21.5. The van der Waals surface area contributed by atoms with E-state index in [-0.39, 0.29) is 18.4 Å². The summed E-state index contributed by atoms with van der Waals surface area (Å²) in [7, 11) is 0. The van der Waals surface area contributed by atoms with Crippen LogP contribution in [-0.2, 0) is 23.9 Å². The highest BCUT2D eigenvalue weighted by atomic mass is 19.4. The Kier molecular flexibility index (Phi) is 7.71. The SMILES string of the molecule is O=C(Nc1ccc2c(c1)CCN(C(=O)C(CO)c1ccccc1)C2)c1ccccc1-c1ccc(C(F)(F)F)cc1. The smallest absolute Gasteiger partial charge is 0.395 e. The number of carbonyl (C=O) groups is 2. The van der Waals surface area contributed by atoms with Gasteiger partial charge in [-0.3, -0.25) is 9.59 Å². The molecule has 1 atom stereocenters. The van der Waals surface area contributed by atoms with Crippen molar-refractivity contribution in [2.75, 3.05) is 18.5 Å². The molecule has 0 bridgehead atoms. The third-order valence-corrected chi connectivity index (χ3v) is 7.17. The lowest BCUT2D eigenvalue weighted by Gasteiger charge is -2.32. The maximum absolute atomic E-state index is 13.2. The number of amides is 2. The van der Waals surface area contributed by atoms with Crippen molar-refractivity contribution in [2.24, 2.45) is 0 Å². The van der Waals surface area contributed by atoms with Crippen molar-refractivity contribution in [3.05, 3.63) is 125 Å². The van der Waals surface area contributed by atoms with Gasteiger partial charge in [-0.15, -0.1) is 0 Å². The summed E-state index contributed by atoms with van der Waals surface area (Å²) in [6.07, 6.45) is -3.84. The second-order valence-electron chi connectivity index (χ2n) is 9.71. The average Bonchev–Trinajstić information content (AvgIpc) is 2.97. The molecular formula is C32H27F3N2O3. The fraction of sp³-hybridized carbons (Fsp3) is 0.188. The topological polar surface area (TPSA) is 69.6 Å². The molecule has 1 aliphatic rings. The van der Waals surface area contributed by atoms with Crippen LogP contribution in [0.3, 0.4) is 0 Å². The fourth-order valence-corrected chi connectivity index (χ4v) is 5.02. The number of hydrogen-bond acceptors (Lipinski definition) is 3. The summed E-state index contributed by atoms with van der Waals surface area (Å²) in [6.45, 7) is 0.622. The number of halogens is 3. The second-order valence-corrected chi connectivity index (χ2v) is 9.71. The van der Waals surface area contributed by atoms with E-state index >= 15 is 0 Å². The molecule has 0 aromatic heterocycles. The molecule has 5 nitrogen and oxygen atoms in total. The number of aliphatic hydroxyl groups is 1. The number of benzene rings is 4. The molecule has 0 radical (unpaired) electrons. The minimum Gasteiger partial charge on any atom is -0.395 e. The third kappa shape index (κ3) is 5.77. The Morgan fingerprint density at radius 3 is 2.27 bits per heavy atom. The van der Waals surface area contributed by atoms with Crippen molar-refractivity contribution in [3.8, 4) is 11.1 Å². The number of nitrogens with zero attached hydrogens (tertiary/aromatic N) is 1. The standard InChI is InChI=1S/C32H27F3N2O3/c33-32(34,35)25-13-10-22(11-14-25)27-8-4-5-9-28(27)30(39)36-26-15-12-24-19-37(17-16-23(24)18-26)31(40)29(20-38)21-6-2-1-3-7-21/h1-15,18,29,38H,16-17,19-20H2,(H,36,39). The molecule has 5 rings (SSSR count). The summed E-state index contributed by atoms with van der Waals surface area (Å²) in [5, 5.41) is 12.8. The first-order valence-electron chi connectivity index (χ1n) is 12.9. The maximum Gasteiger partial charge on any atom is 0.416 e. The molecule has 0 saturated carbocycles. The summed E-state index contributed by atoms with van der Waals surface area (Å²) < 4.78 is 38.9.